The number of aryl methyl sites for hydroxylation is 1. The lowest BCUT2D eigenvalue weighted by atomic mass is 10.1. The second-order valence-electron chi connectivity index (χ2n) is 5.88. The molecule has 1 aromatic carbocycles. The van der Waals surface area contributed by atoms with Gasteiger partial charge in [0.2, 0.25) is 0 Å². The maximum Gasteiger partial charge on any atom is 0.0707 e. The van der Waals surface area contributed by atoms with E-state index in [4.69, 9.17) is 4.98 Å². The van der Waals surface area contributed by atoms with Crippen molar-refractivity contribution in [2.45, 2.75) is 25.7 Å². The molecule has 4 rings (SSSR count). The van der Waals surface area contributed by atoms with Crippen molar-refractivity contribution in [3.63, 3.8) is 0 Å². The van der Waals surface area contributed by atoms with E-state index in [1.54, 1.807) is 12.4 Å². The third kappa shape index (κ3) is 2.40. The van der Waals surface area contributed by atoms with Gasteiger partial charge in [-0.3, -0.25) is 15.0 Å². The van der Waals surface area contributed by atoms with E-state index in [2.05, 4.69) is 47.2 Å². The van der Waals surface area contributed by atoms with E-state index in [0.717, 1.165) is 17.6 Å². The van der Waals surface area contributed by atoms with Crippen molar-refractivity contribution in [1.29, 1.82) is 0 Å². The SMILES string of the molecule is Cc1cc(CC2CC2c2cnccn2)nc2ccccc12. The Kier molecular flexibility index (Phi) is 2.92. The molecular formula is C18H17N3. The molecule has 1 aliphatic carbocycles. The first-order valence-corrected chi connectivity index (χ1v) is 7.42. The molecule has 0 aliphatic heterocycles. The number of para-hydroxylation sites is 1. The molecule has 1 fully saturated rings. The molecule has 0 radical (unpaired) electrons. The maximum absolute atomic E-state index is 4.81. The molecule has 0 spiro atoms. The van der Waals surface area contributed by atoms with Crippen molar-refractivity contribution in [2.24, 2.45) is 5.92 Å². The zero-order valence-electron chi connectivity index (χ0n) is 12.0. The number of benzene rings is 1. The van der Waals surface area contributed by atoms with Crippen LogP contribution in [0.4, 0.5) is 0 Å². The number of hydrogen-bond donors (Lipinski definition) is 0. The summed E-state index contributed by atoms with van der Waals surface area (Å²) in [5.41, 5.74) is 4.74. The average Bonchev–Trinajstić information content (AvgIpc) is 3.27. The summed E-state index contributed by atoms with van der Waals surface area (Å²) in [6.07, 6.45) is 7.64. The van der Waals surface area contributed by atoms with Crippen molar-refractivity contribution < 1.29 is 0 Å². The van der Waals surface area contributed by atoms with E-state index in [-0.39, 0.29) is 0 Å². The lowest BCUT2D eigenvalue weighted by Crippen LogP contribution is -1.97. The standard InChI is InChI=1S/C18H17N3/c1-12-8-14(21-17-5-3-2-4-15(12)17)9-13-10-16(13)18-11-19-6-7-20-18/h2-8,11,13,16H,9-10H2,1H3. The molecule has 104 valence electrons. The molecule has 0 amide bonds. The second kappa shape index (κ2) is 4.92. The highest BCUT2D eigenvalue weighted by Gasteiger charge is 2.39. The van der Waals surface area contributed by atoms with E-state index in [1.165, 1.54) is 23.1 Å². The Balaban J connectivity index is 1.56. The molecule has 2 atom stereocenters. The fraction of sp³-hybridized carbons (Fsp3) is 0.278. The van der Waals surface area contributed by atoms with Crippen molar-refractivity contribution in [3.8, 4) is 0 Å². The van der Waals surface area contributed by atoms with Crippen LogP contribution in [-0.2, 0) is 6.42 Å². The van der Waals surface area contributed by atoms with Crippen LogP contribution in [0.1, 0.15) is 29.3 Å². The van der Waals surface area contributed by atoms with E-state index in [9.17, 15) is 0 Å². The highest BCUT2D eigenvalue weighted by molar-refractivity contribution is 5.82. The van der Waals surface area contributed by atoms with Gasteiger partial charge in [0, 0.05) is 35.6 Å². The zero-order valence-corrected chi connectivity index (χ0v) is 12.0. The summed E-state index contributed by atoms with van der Waals surface area (Å²) in [5, 5.41) is 1.25. The predicted molar refractivity (Wildman–Crippen MR) is 83.1 cm³/mol. The third-order valence-corrected chi connectivity index (χ3v) is 4.33. The summed E-state index contributed by atoms with van der Waals surface area (Å²) >= 11 is 0. The Bertz CT molecular complexity index is 783. The Morgan fingerprint density at radius 2 is 2.10 bits per heavy atom. The van der Waals surface area contributed by atoms with Gasteiger partial charge in [-0.2, -0.15) is 0 Å². The fourth-order valence-electron chi connectivity index (χ4n) is 3.13. The molecule has 0 bridgehead atoms. The van der Waals surface area contributed by atoms with Gasteiger partial charge in [0.05, 0.1) is 11.2 Å². The summed E-state index contributed by atoms with van der Waals surface area (Å²) in [5.74, 6) is 1.22. The molecule has 0 N–H and O–H groups in total. The molecule has 2 heterocycles. The Labute approximate surface area is 124 Å². The van der Waals surface area contributed by atoms with Crippen LogP contribution in [0.2, 0.25) is 0 Å². The third-order valence-electron chi connectivity index (χ3n) is 4.33. The Hall–Kier alpha value is -2.29. The minimum atomic E-state index is 0.562. The van der Waals surface area contributed by atoms with E-state index in [1.807, 2.05) is 6.20 Å². The van der Waals surface area contributed by atoms with Crippen LogP contribution in [0.25, 0.3) is 10.9 Å². The maximum atomic E-state index is 4.81. The number of pyridine rings is 1. The largest absolute Gasteiger partial charge is 0.261 e. The second-order valence-corrected chi connectivity index (χ2v) is 5.88. The molecule has 0 saturated heterocycles. The first-order valence-electron chi connectivity index (χ1n) is 7.42. The van der Waals surface area contributed by atoms with Gasteiger partial charge < -0.3 is 0 Å². The summed E-state index contributed by atoms with van der Waals surface area (Å²) in [6, 6.07) is 10.6. The Morgan fingerprint density at radius 3 is 2.95 bits per heavy atom. The zero-order chi connectivity index (χ0) is 14.2. The smallest absolute Gasteiger partial charge is 0.0707 e. The monoisotopic (exact) mass is 275 g/mol. The first-order chi connectivity index (χ1) is 10.3. The minimum Gasteiger partial charge on any atom is -0.261 e. The summed E-state index contributed by atoms with van der Waals surface area (Å²) < 4.78 is 0. The summed E-state index contributed by atoms with van der Waals surface area (Å²) in [6.45, 7) is 2.17. The van der Waals surface area contributed by atoms with Crippen molar-refractivity contribution >= 4 is 10.9 Å². The lowest BCUT2D eigenvalue weighted by molar-refractivity contribution is 0.763. The van der Waals surface area contributed by atoms with Gasteiger partial charge in [-0.05, 0) is 43.4 Å². The quantitative estimate of drug-likeness (QED) is 0.732. The van der Waals surface area contributed by atoms with Crippen molar-refractivity contribution in [3.05, 3.63) is 65.9 Å². The van der Waals surface area contributed by atoms with Crippen LogP contribution in [0.5, 0.6) is 0 Å². The molecular weight excluding hydrogens is 258 g/mol. The summed E-state index contributed by atoms with van der Waals surface area (Å²) in [7, 11) is 0. The van der Waals surface area contributed by atoms with Crippen LogP contribution in [0.3, 0.4) is 0 Å². The Morgan fingerprint density at radius 1 is 1.19 bits per heavy atom. The van der Waals surface area contributed by atoms with Gasteiger partial charge in [0.25, 0.3) is 0 Å². The van der Waals surface area contributed by atoms with Crippen LogP contribution in [-0.4, -0.2) is 15.0 Å². The van der Waals surface area contributed by atoms with Crippen LogP contribution in [0, 0.1) is 12.8 Å². The number of fused-ring (bicyclic) bond motifs is 1. The fourth-order valence-corrected chi connectivity index (χ4v) is 3.13. The molecule has 3 aromatic rings. The number of rotatable bonds is 3. The molecule has 21 heavy (non-hydrogen) atoms. The first kappa shape index (κ1) is 12.5. The highest BCUT2D eigenvalue weighted by atomic mass is 14.8. The molecule has 2 unspecified atom stereocenters. The topological polar surface area (TPSA) is 38.7 Å². The highest BCUT2D eigenvalue weighted by Crippen LogP contribution is 2.48. The van der Waals surface area contributed by atoms with Gasteiger partial charge in [0.1, 0.15) is 0 Å². The van der Waals surface area contributed by atoms with Gasteiger partial charge in [0.15, 0.2) is 0 Å². The molecule has 3 heteroatoms. The molecule has 1 aliphatic rings. The van der Waals surface area contributed by atoms with Crippen molar-refractivity contribution in [2.75, 3.05) is 0 Å². The summed E-state index contributed by atoms with van der Waals surface area (Å²) in [4.78, 5) is 13.4. The normalized spacial score (nSPS) is 20.6. The van der Waals surface area contributed by atoms with Gasteiger partial charge in [-0.15, -0.1) is 0 Å². The average molecular weight is 275 g/mol. The van der Waals surface area contributed by atoms with Crippen LogP contribution >= 0.6 is 0 Å². The van der Waals surface area contributed by atoms with E-state index in [0.29, 0.717) is 11.8 Å². The van der Waals surface area contributed by atoms with E-state index >= 15 is 0 Å². The molecule has 3 nitrogen and oxygen atoms in total. The molecule has 2 aromatic heterocycles. The van der Waals surface area contributed by atoms with Gasteiger partial charge >= 0.3 is 0 Å². The number of hydrogen-bond acceptors (Lipinski definition) is 3. The van der Waals surface area contributed by atoms with Gasteiger partial charge in [-0.25, -0.2) is 0 Å². The predicted octanol–water partition coefficient (Wildman–Crippen LogP) is 3.68. The number of nitrogens with zero attached hydrogens (tertiary/aromatic N) is 3. The van der Waals surface area contributed by atoms with Crippen molar-refractivity contribution in [1.82, 2.24) is 15.0 Å². The molecule has 1 saturated carbocycles. The lowest BCUT2D eigenvalue weighted by Gasteiger charge is -2.06. The number of aromatic nitrogens is 3. The minimum absolute atomic E-state index is 0.562. The van der Waals surface area contributed by atoms with Gasteiger partial charge in [-0.1, -0.05) is 18.2 Å². The van der Waals surface area contributed by atoms with Crippen LogP contribution < -0.4 is 0 Å². The van der Waals surface area contributed by atoms with E-state index < -0.39 is 0 Å². The van der Waals surface area contributed by atoms with Crippen LogP contribution in [0.15, 0.2) is 48.9 Å².